The summed E-state index contributed by atoms with van der Waals surface area (Å²) in [4.78, 5) is 22.3. The molecule has 176 valence electrons. The van der Waals surface area contributed by atoms with E-state index in [1.54, 1.807) is 0 Å². The molecule has 0 N–H and O–H groups in total. The molecule has 0 spiro atoms. The fraction of sp³-hybridized carbons (Fsp3) is 0.348. The van der Waals surface area contributed by atoms with Gasteiger partial charge >= 0.3 is 11.9 Å². The zero-order valence-corrected chi connectivity index (χ0v) is 18.7. The minimum absolute atomic E-state index is 0.0694. The van der Waals surface area contributed by atoms with Crippen molar-refractivity contribution in [3.63, 3.8) is 0 Å². The first-order valence-corrected chi connectivity index (χ1v) is 11.0. The van der Waals surface area contributed by atoms with Crippen LogP contribution in [0.3, 0.4) is 0 Å². The molecule has 1 saturated carbocycles. The van der Waals surface area contributed by atoms with Gasteiger partial charge in [0.15, 0.2) is 17.5 Å². The van der Waals surface area contributed by atoms with Crippen LogP contribution in [0.25, 0.3) is 10.9 Å². The number of rotatable bonds is 2. The van der Waals surface area contributed by atoms with Crippen molar-refractivity contribution in [2.24, 2.45) is 5.41 Å². The Morgan fingerprint density at radius 3 is 2.44 bits per heavy atom. The number of alkyl halides is 3. The maximum absolute atomic E-state index is 15.1. The van der Waals surface area contributed by atoms with Crippen LogP contribution < -0.4 is 10.6 Å². The third kappa shape index (κ3) is 3.87. The van der Waals surface area contributed by atoms with Gasteiger partial charge in [-0.25, -0.2) is 13.6 Å². The molecule has 0 bridgehead atoms. The van der Waals surface area contributed by atoms with Crippen molar-refractivity contribution in [2.75, 3.05) is 11.4 Å². The molecule has 3 heterocycles. The van der Waals surface area contributed by atoms with Crippen molar-refractivity contribution in [1.29, 1.82) is 0 Å². The number of benzene rings is 1. The highest BCUT2D eigenvalue weighted by Crippen LogP contribution is 2.57. The van der Waals surface area contributed by atoms with Crippen LogP contribution in [0.1, 0.15) is 30.4 Å². The van der Waals surface area contributed by atoms with E-state index in [0.29, 0.717) is 28.7 Å². The first kappa shape index (κ1) is 24.4. The van der Waals surface area contributed by atoms with Crippen molar-refractivity contribution in [3.05, 3.63) is 57.8 Å². The lowest BCUT2D eigenvalue weighted by molar-refractivity contribution is -0.168. The molecular weight excluding hydrogens is 476 g/mol. The molecule has 1 aromatic carbocycles. The first-order chi connectivity index (χ1) is 16.8. The quantitative estimate of drug-likeness (QED) is 0.316. The average Bonchev–Trinajstić information content (AvgIpc) is 3.60. The number of aromatic nitrogens is 3. The lowest BCUT2D eigenvalue weighted by Crippen LogP contribution is -2.44. The zero-order valence-electron chi connectivity index (χ0n) is 18.7. The highest BCUT2D eigenvalue weighted by Gasteiger charge is 2.62. The summed E-state index contributed by atoms with van der Waals surface area (Å²) in [5.41, 5.74) is -2.02. The summed E-state index contributed by atoms with van der Waals surface area (Å²) in [6, 6.07) is 1.91. The summed E-state index contributed by atoms with van der Waals surface area (Å²) in [5.74, 6) is 2.25. The third-order valence-corrected chi connectivity index (χ3v) is 6.44. The maximum Gasteiger partial charge on any atom is 0.405 e. The topological polar surface area (TPSA) is 51.0 Å². The number of pyridine rings is 1. The van der Waals surface area contributed by atoms with Gasteiger partial charge in [0.05, 0.1) is 46.3 Å². The van der Waals surface area contributed by atoms with E-state index < -0.39 is 39.5 Å². The molecule has 0 saturated heterocycles. The molecule has 5 rings (SSSR count). The number of anilines is 2. The van der Waals surface area contributed by atoms with Gasteiger partial charge < -0.3 is 9.47 Å². The van der Waals surface area contributed by atoms with Gasteiger partial charge in [-0.2, -0.15) is 18.2 Å². The molecule has 3 aromatic rings. The Balaban J connectivity index is 1.70. The van der Waals surface area contributed by atoms with Crippen LogP contribution in [0.2, 0.25) is 0 Å². The standard InChI is InChI=1S/C23H14B3F5N4O/c24-23(25,26)35-15-4-3-14(27)18(28)17(15)19(33-20(35)36)34-9-1-2-13-12(10-32-11-16(13)34)5-6-21(7-8-21)22(29,30)31/h3-4,10-11H,1-2,7-9H2. The molecule has 2 aliphatic rings. The van der Waals surface area contributed by atoms with E-state index >= 15 is 4.39 Å². The molecule has 36 heavy (non-hydrogen) atoms. The fourth-order valence-electron chi connectivity index (χ4n) is 4.43. The largest absolute Gasteiger partial charge is 0.405 e. The van der Waals surface area contributed by atoms with Crippen molar-refractivity contribution < 1.29 is 22.0 Å². The van der Waals surface area contributed by atoms with E-state index in [4.69, 9.17) is 23.5 Å². The third-order valence-electron chi connectivity index (χ3n) is 6.44. The van der Waals surface area contributed by atoms with Crippen LogP contribution in [0.4, 0.5) is 33.5 Å². The molecule has 1 fully saturated rings. The number of hydrogen-bond acceptors (Lipinski definition) is 4. The molecule has 1 aliphatic carbocycles. The van der Waals surface area contributed by atoms with E-state index in [0.717, 1.165) is 12.1 Å². The number of fused-ring (bicyclic) bond motifs is 2. The van der Waals surface area contributed by atoms with E-state index in [9.17, 15) is 22.4 Å². The average molecular weight is 490 g/mol. The van der Waals surface area contributed by atoms with E-state index in [1.807, 2.05) is 0 Å². The minimum Gasteiger partial charge on any atom is -0.324 e. The Morgan fingerprint density at radius 2 is 1.81 bits per heavy atom. The van der Waals surface area contributed by atoms with Crippen molar-refractivity contribution in [2.45, 2.75) is 37.1 Å². The Kier molecular flexibility index (Phi) is 5.50. The molecule has 6 radical (unpaired) electrons. The van der Waals surface area contributed by atoms with E-state index in [-0.39, 0.29) is 36.3 Å². The second-order valence-corrected chi connectivity index (χ2v) is 8.97. The number of nitrogens with zero attached hydrogens (tertiary/aromatic N) is 4. The summed E-state index contributed by atoms with van der Waals surface area (Å²) in [6.45, 7) is 0.235. The lowest BCUT2D eigenvalue weighted by Gasteiger charge is -2.33. The second-order valence-electron chi connectivity index (χ2n) is 8.97. The van der Waals surface area contributed by atoms with Gasteiger partial charge in [0.2, 0.25) is 0 Å². The van der Waals surface area contributed by atoms with E-state index in [2.05, 4.69) is 21.8 Å². The smallest absolute Gasteiger partial charge is 0.324 e. The van der Waals surface area contributed by atoms with Crippen LogP contribution in [-0.4, -0.2) is 50.8 Å². The van der Waals surface area contributed by atoms with Gasteiger partial charge in [-0.3, -0.25) is 4.98 Å². The van der Waals surface area contributed by atoms with Crippen LogP contribution in [0, 0.1) is 28.9 Å². The van der Waals surface area contributed by atoms with Gasteiger partial charge in [-0.05, 0) is 43.4 Å². The van der Waals surface area contributed by atoms with E-state index in [1.165, 1.54) is 17.3 Å². The Hall–Kier alpha value is -3.29. The molecule has 13 heteroatoms. The molecule has 1 aliphatic heterocycles. The summed E-state index contributed by atoms with van der Waals surface area (Å²) in [6.07, 6.45) is -0.898. The highest BCUT2D eigenvalue weighted by molar-refractivity contribution is 6.56. The minimum atomic E-state index is -4.44. The fourth-order valence-corrected chi connectivity index (χ4v) is 4.43. The van der Waals surface area contributed by atoms with Crippen molar-refractivity contribution in [1.82, 2.24) is 14.5 Å². The first-order valence-electron chi connectivity index (χ1n) is 11.0. The molecule has 2 aromatic heterocycles. The van der Waals surface area contributed by atoms with Crippen LogP contribution in [-0.2, 0) is 11.7 Å². The van der Waals surface area contributed by atoms with Gasteiger partial charge in [0.25, 0.3) is 0 Å². The molecular formula is C23H14B3F5N4O. The maximum atomic E-state index is 15.1. The summed E-state index contributed by atoms with van der Waals surface area (Å²) in [5, 5.41) is -2.65. The predicted molar refractivity (Wildman–Crippen MR) is 125 cm³/mol. The van der Waals surface area contributed by atoms with Gasteiger partial charge in [0.1, 0.15) is 5.41 Å². The van der Waals surface area contributed by atoms with Crippen LogP contribution >= 0.6 is 0 Å². The second kappa shape index (κ2) is 8.12. The molecule has 0 amide bonds. The Labute approximate surface area is 206 Å². The molecule has 0 unspecified atom stereocenters. The summed E-state index contributed by atoms with van der Waals surface area (Å²) in [7, 11) is 17.1. The monoisotopic (exact) mass is 490 g/mol. The molecule has 0 atom stereocenters. The Morgan fingerprint density at radius 1 is 1.08 bits per heavy atom. The highest BCUT2D eigenvalue weighted by atomic mass is 19.4. The van der Waals surface area contributed by atoms with Gasteiger partial charge in [-0.15, -0.1) is 0 Å². The summed E-state index contributed by atoms with van der Waals surface area (Å²) < 4.78 is 70.0. The number of hydrogen-bond donors (Lipinski definition) is 0. The van der Waals surface area contributed by atoms with Crippen molar-refractivity contribution in [3.8, 4) is 11.8 Å². The predicted octanol–water partition coefficient (Wildman–Crippen LogP) is 2.92. The van der Waals surface area contributed by atoms with Crippen molar-refractivity contribution >= 4 is 45.9 Å². The lowest BCUT2D eigenvalue weighted by atomic mass is 9.49. The number of halogens is 5. The molecule has 5 nitrogen and oxygen atoms in total. The van der Waals surface area contributed by atoms with Crippen LogP contribution in [0.5, 0.6) is 0 Å². The van der Waals surface area contributed by atoms with Crippen LogP contribution in [0.15, 0.2) is 29.3 Å². The summed E-state index contributed by atoms with van der Waals surface area (Å²) >= 11 is 0. The normalized spacial score (nSPS) is 16.9. The SMILES string of the molecule is [B]C([B])([B])n1c(=O)nc(N2CCCc3c(C#CC4(C(F)(F)F)CC4)cncc32)c2c(F)c(F)ccc21. The Bertz CT molecular complexity index is 1520. The van der Waals surface area contributed by atoms with Gasteiger partial charge in [0, 0.05) is 18.3 Å². The van der Waals surface area contributed by atoms with Gasteiger partial charge in [-0.1, -0.05) is 17.1 Å². The zero-order chi connectivity index (χ0) is 26.0.